The smallest absolute Gasteiger partial charge is 0.0626 e. The zero-order valence-corrected chi connectivity index (χ0v) is 6.13. The molecule has 0 rings (SSSR count). The standard InChI is InChI=1S/C4H8INO/c5-1-2-6-3-4-7/h2,7H,1,3-4H2. The number of hydrogen-bond acceptors (Lipinski definition) is 2. The van der Waals surface area contributed by atoms with Crippen molar-refractivity contribution in [1.29, 1.82) is 0 Å². The molecule has 0 fully saturated rings. The summed E-state index contributed by atoms with van der Waals surface area (Å²) in [6, 6.07) is 0. The molecule has 0 aromatic heterocycles. The lowest BCUT2D eigenvalue weighted by Gasteiger charge is -1.80. The molecule has 0 bridgehead atoms. The van der Waals surface area contributed by atoms with Crippen molar-refractivity contribution in [2.75, 3.05) is 17.6 Å². The van der Waals surface area contributed by atoms with E-state index in [-0.39, 0.29) is 6.61 Å². The Bertz CT molecular complexity index is 55.7. The lowest BCUT2D eigenvalue weighted by Crippen LogP contribution is -1.87. The molecule has 0 heterocycles. The van der Waals surface area contributed by atoms with Gasteiger partial charge in [0.05, 0.1) is 13.2 Å². The number of aliphatic imine (C=N–C) groups is 1. The van der Waals surface area contributed by atoms with Crippen LogP contribution in [0.15, 0.2) is 4.99 Å². The first kappa shape index (κ1) is 7.36. The zero-order chi connectivity index (χ0) is 5.54. The average molecular weight is 213 g/mol. The van der Waals surface area contributed by atoms with Crippen LogP contribution in [-0.2, 0) is 0 Å². The van der Waals surface area contributed by atoms with Crippen LogP contribution < -0.4 is 0 Å². The first-order valence-corrected chi connectivity index (χ1v) is 3.59. The van der Waals surface area contributed by atoms with Gasteiger partial charge in [0.25, 0.3) is 0 Å². The third-order valence-corrected chi connectivity index (χ3v) is 0.821. The monoisotopic (exact) mass is 213 g/mol. The minimum atomic E-state index is 0.160. The molecule has 0 saturated heterocycles. The maximum absolute atomic E-state index is 8.18. The highest BCUT2D eigenvalue weighted by atomic mass is 127. The summed E-state index contributed by atoms with van der Waals surface area (Å²) in [5, 5.41) is 8.18. The molecule has 0 atom stereocenters. The maximum atomic E-state index is 8.18. The van der Waals surface area contributed by atoms with Crippen LogP contribution in [0.25, 0.3) is 0 Å². The van der Waals surface area contributed by atoms with Crippen molar-refractivity contribution in [1.82, 2.24) is 0 Å². The summed E-state index contributed by atoms with van der Waals surface area (Å²) in [5.41, 5.74) is 0. The first-order chi connectivity index (χ1) is 3.41. The summed E-state index contributed by atoms with van der Waals surface area (Å²) in [4.78, 5) is 3.83. The van der Waals surface area contributed by atoms with Crippen LogP contribution >= 0.6 is 22.6 Å². The van der Waals surface area contributed by atoms with E-state index in [1.807, 2.05) is 0 Å². The fraction of sp³-hybridized carbons (Fsp3) is 0.750. The highest BCUT2D eigenvalue weighted by Gasteiger charge is 1.69. The molecular weight excluding hydrogens is 205 g/mol. The Balaban J connectivity index is 2.78. The van der Waals surface area contributed by atoms with E-state index in [1.54, 1.807) is 6.21 Å². The Hall–Kier alpha value is 0.360. The van der Waals surface area contributed by atoms with Crippen molar-refractivity contribution in [3.8, 4) is 0 Å². The van der Waals surface area contributed by atoms with Gasteiger partial charge in [-0.05, 0) is 0 Å². The van der Waals surface area contributed by atoms with Gasteiger partial charge in [0.1, 0.15) is 0 Å². The molecule has 0 radical (unpaired) electrons. The minimum absolute atomic E-state index is 0.160. The molecule has 0 aliphatic heterocycles. The largest absolute Gasteiger partial charge is 0.394 e. The highest BCUT2D eigenvalue weighted by Crippen LogP contribution is 1.73. The second-order valence-corrected chi connectivity index (χ2v) is 1.85. The van der Waals surface area contributed by atoms with Gasteiger partial charge in [-0.3, -0.25) is 4.99 Å². The SMILES string of the molecule is OCCN=CCI. The van der Waals surface area contributed by atoms with Gasteiger partial charge in [0.2, 0.25) is 0 Å². The van der Waals surface area contributed by atoms with Crippen LogP contribution in [-0.4, -0.2) is 28.9 Å². The summed E-state index contributed by atoms with van der Waals surface area (Å²) in [6.07, 6.45) is 1.79. The zero-order valence-electron chi connectivity index (χ0n) is 3.97. The van der Waals surface area contributed by atoms with Gasteiger partial charge < -0.3 is 5.11 Å². The molecule has 0 spiro atoms. The normalized spacial score (nSPS) is 10.6. The molecule has 0 aromatic rings. The van der Waals surface area contributed by atoms with E-state index in [0.717, 1.165) is 4.43 Å². The van der Waals surface area contributed by atoms with Gasteiger partial charge in [-0.1, -0.05) is 22.6 Å². The van der Waals surface area contributed by atoms with Gasteiger partial charge in [0.15, 0.2) is 0 Å². The Morgan fingerprint density at radius 2 is 2.43 bits per heavy atom. The quantitative estimate of drug-likeness (QED) is 0.413. The van der Waals surface area contributed by atoms with Crippen molar-refractivity contribution < 1.29 is 5.11 Å². The highest BCUT2D eigenvalue weighted by molar-refractivity contribution is 14.1. The van der Waals surface area contributed by atoms with Gasteiger partial charge in [-0.25, -0.2) is 0 Å². The fourth-order valence-electron chi connectivity index (χ4n) is 0.198. The van der Waals surface area contributed by atoms with Crippen LogP contribution in [0.3, 0.4) is 0 Å². The van der Waals surface area contributed by atoms with E-state index in [9.17, 15) is 0 Å². The van der Waals surface area contributed by atoms with Crippen molar-refractivity contribution in [2.45, 2.75) is 0 Å². The lowest BCUT2D eigenvalue weighted by molar-refractivity contribution is 0.307. The molecule has 42 valence electrons. The number of aliphatic hydroxyl groups is 1. The molecule has 3 heteroatoms. The Morgan fingerprint density at radius 3 is 2.86 bits per heavy atom. The number of halogens is 1. The second kappa shape index (κ2) is 6.36. The molecule has 0 aromatic carbocycles. The van der Waals surface area contributed by atoms with E-state index in [2.05, 4.69) is 27.6 Å². The Morgan fingerprint density at radius 1 is 1.71 bits per heavy atom. The molecule has 7 heavy (non-hydrogen) atoms. The predicted molar refractivity (Wildman–Crippen MR) is 39.3 cm³/mol. The van der Waals surface area contributed by atoms with Crippen molar-refractivity contribution >= 4 is 28.8 Å². The number of nitrogens with zero attached hydrogens (tertiary/aromatic N) is 1. The maximum Gasteiger partial charge on any atom is 0.0626 e. The summed E-state index contributed by atoms with van der Waals surface area (Å²) < 4.78 is 0.928. The van der Waals surface area contributed by atoms with Crippen LogP contribution in [0.4, 0.5) is 0 Å². The molecule has 0 aliphatic carbocycles. The number of hydrogen-bond donors (Lipinski definition) is 1. The van der Waals surface area contributed by atoms with E-state index >= 15 is 0 Å². The van der Waals surface area contributed by atoms with Gasteiger partial charge in [0, 0.05) is 10.6 Å². The third-order valence-electron chi connectivity index (χ3n) is 0.427. The molecule has 0 unspecified atom stereocenters. The van der Waals surface area contributed by atoms with E-state index in [4.69, 9.17) is 5.11 Å². The molecule has 0 amide bonds. The summed E-state index contributed by atoms with van der Waals surface area (Å²) in [7, 11) is 0. The van der Waals surface area contributed by atoms with Crippen LogP contribution in [0.1, 0.15) is 0 Å². The Kier molecular flexibility index (Phi) is 6.69. The number of rotatable bonds is 3. The number of aliphatic hydroxyl groups excluding tert-OH is 1. The fourth-order valence-corrected chi connectivity index (χ4v) is 0.476. The summed E-state index contributed by atoms with van der Waals surface area (Å²) >= 11 is 2.20. The van der Waals surface area contributed by atoms with Crippen molar-refractivity contribution in [3.05, 3.63) is 0 Å². The van der Waals surface area contributed by atoms with E-state index in [1.165, 1.54) is 0 Å². The minimum Gasteiger partial charge on any atom is -0.394 e. The van der Waals surface area contributed by atoms with Gasteiger partial charge >= 0.3 is 0 Å². The first-order valence-electron chi connectivity index (χ1n) is 2.07. The van der Waals surface area contributed by atoms with Gasteiger partial charge in [-0.15, -0.1) is 0 Å². The van der Waals surface area contributed by atoms with Crippen LogP contribution in [0.5, 0.6) is 0 Å². The van der Waals surface area contributed by atoms with Crippen LogP contribution in [0, 0.1) is 0 Å². The summed E-state index contributed by atoms with van der Waals surface area (Å²) in [6.45, 7) is 0.705. The Labute approximate surface area is 56.8 Å². The molecule has 2 nitrogen and oxygen atoms in total. The average Bonchev–Trinajstić information content (AvgIpc) is 1.69. The second-order valence-electron chi connectivity index (χ2n) is 0.967. The summed E-state index contributed by atoms with van der Waals surface area (Å²) in [5.74, 6) is 0. The van der Waals surface area contributed by atoms with E-state index < -0.39 is 0 Å². The van der Waals surface area contributed by atoms with Crippen molar-refractivity contribution in [2.24, 2.45) is 4.99 Å². The molecule has 0 aliphatic rings. The van der Waals surface area contributed by atoms with E-state index in [0.29, 0.717) is 6.54 Å². The topological polar surface area (TPSA) is 32.6 Å². The molecule has 1 N–H and O–H groups in total. The molecule has 0 saturated carbocycles. The number of alkyl halides is 1. The lowest BCUT2D eigenvalue weighted by atomic mass is 10.7. The van der Waals surface area contributed by atoms with Crippen LogP contribution in [0.2, 0.25) is 0 Å². The molecular formula is C4H8INO. The predicted octanol–water partition coefficient (Wildman–Crippen LogP) is 0.484. The third kappa shape index (κ3) is 6.36. The van der Waals surface area contributed by atoms with Crippen molar-refractivity contribution in [3.63, 3.8) is 0 Å². The van der Waals surface area contributed by atoms with Gasteiger partial charge in [-0.2, -0.15) is 0 Å².